The molecule has 6 heteroatoms. The Hall–Kier alpha value is -4.45. The molecular weight excluding hydrogens is 400 g/mol. The van der Waals surface area contributed by atoms with Crippen molar-refractivity contribution < 1.29 is 9.59 Å². The lowest BCUT2D eigenvalue weighted by molar-refractivity contribution is 0.0951. The van der Waals surface area contributed by atoms with E-state index in [1.54, 1.807) is 36.7 Å². The van der Waals surface area contributed by atoms with Gasteiger partial charge in [0.15, 0.2) is 0 Å². The number of anilines is 2. The van der Waals surface area contributed by atoms with E-state index in [0.717, 1.165) is 16.7 Å². The van der Waals surface area contributed by atoms with Gasteiger partial charge in [0.1, 0.15) is 0 Å². The van der Waals surface area contributed by atoms with Crippen molar-refractivity contribution in [1.29, 1.82) is 0 Å². The van der Waals surface area contributed by atoms with Crippen molar-refractivity contribution in [2.24, 2.45) is 0 Å². The number of nitrogens with zero attached hydrogens (tertiary/aromatic N) is 1. The Morgan fingerprint density at radius 2 is 1.50 bits per heavy atom. The van der Waals surface area contributed by atoms with E-state index in [0.29, 0.717) is 23.5 Å². The van der Waals surface area contributed by atoms with Gasteiger partial charge in [0, 0.05) is 35.8 Å². The fraction of sp³-hybridized carbons (Fsp3) is 0.0385. The number of para-hydroxylation sites is 1. The highest BCUT2D eigenvalue weighted by Gasteiger charge is 2.09. The standard InChI is InChI=1S/C26H22N4O2/c31-25(28-18-19-7-6-16-27-17-19)21-12-14-22(15-13-21)29-26(32)30-24-11-5-4-10-23(24)20-8-2-1-3-9-20/h1-17H,18H2,(H,28,31)(H2,29,30,32). The van der Waals surface area contributed by atoms with Crippen molar-refractivity contribution in [3.8, 4) is 11.1 Å². The summed E-state index contributed by atoms with van der Waals surface area (Å²) in [7, 11) is 0. The topological polar surface area (TPSA) is 83.1 Å². The number of pyridine rings is 1. The van der Waals surface area contributed by atoms with Crippen LogP contribution in [0.5, 0.6) is 0 Å². The molecule has 158 valence electrons. The highest BCUT2D eigenvalue weighted by Crippen LogP contribution is 2.27. The Labute approximate surface area is 186 Å². The van der Waals surface area contributed by atoms with E-state index in [2.05, 4.69) is 20.9 Å². The number of nitrogens with one attached hydrogen (secondary N) is 3. The maximum Gasteiger partial charge on any atom is 0.323 e. The summed E-state index contributed by atoms with van der Waals surface area (Å²) in [4.78, 5) is 28.9. The molecule has 3 aromatic carbocycles. The molecule has 0 spiro atoms. The molecule has 3 amide bonds. The van der Waals surface area contributed by atoms with Gasteiger partial charge in [-0.25, -0.2) is 4.79 Å². The fourth-order valence-corrected chi connectivity index (χ4v) is 3.24. The van der Waals surface area contributed by atoms with Crippen LogP contribution >= 0.6 is 0 Å². The number of amides is 3. The summed E-state index contributed by atoms with van der Waals surface area (Å²) < 4.78 is 0. The summed E-state index contributed by atoms with van der Waals surface area (Å²) >= 11 is 0. The number of aromatic nitrogens is 1. The lowest BCUT2D eigenvalue weighted by Crippen LogP contribution is -2.23. The second-order valence-electron chi connectivity index (χ2n) is 7.11. The molecule has 4 aromatic rings. The molecule has 4 rings (SSSR count). The smallest absolute Gasteiger partial charge is 0.323 e. The largest absolute Gasteiger partial charge is 0.348 e. The number of urea groups is 1. The van der Waals surface area contributed by atoms with Crippen LogP contribution in [-0.2, 0) is 6.54 Å². The molecule has 0 aliphatic carbocycles. The Kier molecular flexibility index (Phi) is 6.53. The molecule has 0 bridgehead atoms. The van der Waals surface area contributed by atoms with Crippen LogP contribution in [0.25, 0.3) is 11.1 Å². The molecular formula is C26H22N4O2. The number of carbonyl (C=O) groups excluding carboxylic acids is 2. The van der Waals surface area contributed by atoms with Gasteiger partial charge in [-0.05, 0) is 47.5 Å². The van der Waals surface area contributed by atoms with Crippen LogP contribution in [0.2, 0.25) is 0 Å². The minimum atomic E-state index is -0.359. The van der Waals surface area contributed by atoms with Crippen molar-refractivity contribution >= 4 is 23.3 Å². The van der Waals surface area contributed by atoms with Gasteiger partial charge < -0.3 is 16.0 Å². The number of hydrogen-bond donors (Lipinski definition) is 3. The molecule has 0 atom stereocenters. The molecule has 0 fully saturated rings. The zero-order chi connectivity index (χ0) is 22.2. The molecule has 0 radical (unpaired) electrons. The monoisotopic (exact) mass is 422 g/mol. The minimum Gasteiger partial charge on any atom is -0.348 e. The van der Waals surface area contributed by atoms with Crippen molar-refractivity contribution in [2.75, 3.05) is 10.6 Å². The van der Waals surface area contributed by atoms with Crippen LogP contribution in [-0.4, -0.2) is 16.9 Å². The van der Waals surface area contributed by atoms with E-state index in [1.165, 1.54) is 0 Å². The van der Waals surface area contributed by atoms with Gasteiger partial charge in [0.05, 0.1) is 5.69 Å². The maximum atomic E-state index is 12.5. The number of benzene rings is 3. The first-order valence-corrected chi connectivity index (χ1v) is 10.2. The number of carbonyl (C=O) groups is 2. The quantitative estimate of drug-likeness (QED) is 0.393. The minimum absolute atomic E-state index is 0.193. The molecule has 0 unspecified atom stereocenters. The molecule has 0 saturated heterocycles. The fourth-order valence-electron chi connectivity index (χ4n) is 3.24. The highest BCUT2D eigenvalue weighted by molar-refractivity contribution is 6.02. The third-order valence-electron chi connectivity index (χ3n) is 4.84. The average molecular weight is 422 g/mol. The predicted molar refractivity (Wildman–Crippen MR) is 126 cm³/mol. The summed E-state index contributed by atoms with van der Waals surface area (Å²) in [5.41, 5.74) is 4.68. The van der Waals surface area contributed by atoms with Crippen molar-refractivity contribution in [2.45, 2.75) is 6.54 Å². The van der Waals surface area contributed by atoms with E-state index in [-0.39, 0.29) is 11.9 Å². The zero-order valence-corrected chi connectivity index (χ0v) is 17.3. The van der Waals surface area contributed by atoms with Gasteiger partial charge in [-0.15, -0.1) is 0 Å². The van der Waals surface area contributed by atoms with Gasteiger partial charge >= 0.3 is 6.03 Å². The molecule has 1 aromatic heterocycles. The van der Waals surface area contributed by atoms with Crippen molar-refractivity contribution in [3.63, 3.8) is 0 Å². The average Bonchev–Trinajstić information content (AvgIpc) is 2.84. The predicted octanol–water partition coefficient (Wildman–Crippen LogP) is 5.32. The van der Waals surface area contributed by atoms with Crippen molar-refractivity contribution in [1.82, 2.24) is 10.3 Å². The lowest BCUT2D eigenvalue weighted by Gasteiger charge is -2.12. The normalized spacial score (nSPS) is 10.2. The van der Waals surface area contributed by atoms with Gasteiger partial charge in [0.2, 0.25) is 0 Å². The first kappa shape index (κ1) is 20.8. The van der Waals surface area contributed by atoms with Gasteiger partial charge in [-0.1, -0.05) is 54.6 Å². The molecule has 32 heavy (non-hydrogen) atoms. The Morgan fingerprint density at radius 1 is 0.750 bits per heavy atom. The Balaban J connectivity index is 1.36. The van der Waals surface area contributed by atoms with E-state index in [4.69, 9.17) is 0 Å². The van der Waals surface area contributed by atoms with E-state index < -0.39 is 0 Å². The van der Waals surface area contributed by atoms with E-state index in [1.807, 2.05) is 66.7 Å². The number of hydrogen-bond acceptors (Lipinski definition) is 3. The molecule has 6 nitrogen and oxygen atoms in total. The second kappa shape index (κ2) is 10.0. The highest BCUT2D eigenvalue weighted by atomic mass is 16.2. The van der Waals surface area contributed by atoms with Crippen LogP contribution in [0.15, 0.2) is 103 Å². The summed E-state index contributed by atoms with van der Waals surface area (Å²) in [6.45, 7) is 0.399. The van der Waals surface area contributed by atoms with E-state index >= 15 is 0 Å². The third-order valence-corrected chi connectivity index (χ3v) is 4.84. The lowest BCUT2D eigenvalue weighted by atomic mass is 10.0. The first-order valence-electron chi connectivity index (χ1n) is 10.2. The Bertz CT molecular complexity index is 1190. The molecule has 1 heterocycles. The summed E-state index contributed by atoms with van der Waals surface area (Å²) in [5, 5.41) is 8.55. The third kappa shape index (κ3) is 5.37. The van der Waals surface area contributed by atoms with Gasteiger partial charge in [-0.3, -0.25) is 9.78 Å². The molecule has 0 aliphatic rings. The SMILES string of the molecule is O=C(Nc1ccc(C(=O)NCc2cccnc2)cc1)Nc1ccccc1-c1ccccc1. The molecule has 3 N–H and O–H groups in total. The second-order valence-corrected chi connectivity index (χ2v) is 7.11. The zero-order valence-electron chi connectivity index (χ0n) is 17.3. The van der Waals surface area contributed by atoms with Crippen LogP contribution in [0.1, 0.15) is 15.9 Å². The van der Waals surface area contributed by atoms with Gasteiger partial charge in [-0.2, -0.15) is 0 Å². The van der Waals surface area contributed by atoms with Crippen molar-refractivity contribution in [3.05, 3.63) is 115 Å². The van der Waals surface area contributed by atoms with Crippen LogP contribution in [0, 0.1) is 0 Å². The van der Waals surface area contributed by atoms with Gasteiger partial charge in [0.25, 0.3) is 5.91 Å². The summed E-state index contributed by atoms with van der Waals surface area (Å²) in [6, 6.07) is 27.6. The first-order chi connectivity index (χ1) is 15.7. The maximum absolute atomic E-state index is 12.5. The summed E-state index contributed by atoms with van der Waals surface area (Å²) in [6.07, 6.45) is 3.40. The van der Waals surface area contributed by atoms with E-state index in [9.17, 15) is 9.59 Å². The van der Waals surface area contributed by atoms with Crippen LogP contribution in [0.4, 0.5) is 16.2 Å². The number of rotatable bonds is 6. The Morgan fingerprint density at radius 3 is 2.25 bits per heavy atom. The molecule has 0 saturated carbocycles. The van der Waals surface area contributed by atoms with Crippen LogP contribution in [0.3, 0.4) is 0 Å². The molecule has 0 aliphatic heterocycles. The summed E-state index contributed by atoms with van der Waals surface area (Å²) in [5.74, 6) is -0.193. The van der Waals surface area contributed by atoms with Crippen LogP contribution < -0.4 is 16.0 Å².